The second-order valence-electron chi connectivity index (χ2n) is 2.78. The molecule has 12 heavy (non-hydrogen) atoms. The minimum Gasteiger partial charge on any atom is -0.248 e. The monoisotopic (exact) mass is 221 g/mol. The summed E-state index contributed by atoms with van der Waals surface area (Å²) in [5.41, 5.74) is 1.22. The molecule has 1 nitrogen and oxygen atoms in total. The van der Waals surface area contributed by atoms with Gasteiger partial charge in [-0.15, -0.1) is 0 Å². The van der Waals surface area contributed by atoms with Crippen LogP contribution in [0.5, 0.6) is 0 Å². The molecule has 0 saturated carbocycles. The van der Waals surface area contributed by atoms with Crippen LogP contribution in [0, 0.1) is 6.92 Å². The highest BCUT2D eigenvalue weighted by molar-refractivity contribution is 9.10. The van der Waals surface area contributed by atoms with Crippen molar-refractivity contribution in [3.8, 4) is 0 Å². The summed E-state index contributed by atoms with van der Waals surface area (Å²) in [4.78, 5) is 4.22. The van der Waals surface area contributed by atoms with Crippen LogP contribution in [0.1, 0.15) is 5.56 Å². The van der Waals surface area contributed by atoms with Gasteiger partial charge < -0.3 is 0 Å². The molecule has 0 radical (unpaired) electrons. The highest BCUT2D eigenvalue weighted by Crippen LogP contribution is 2.23. The van der Waals surface area contributed by atoms with Crippen molar-refractivity contribution in [2.75, 3.05) is 0 Å². The van der Waals surface area contributed by atoms with E-state index in [9.17, 15) is 0 Å². The molecule has 0 bridgehead atoms. The number of aromatic nitrogens is 1. The van der Waals surface area contributed by atoms with Gasteiger partial charge in [0.05, 0.1) is 0 Å². The molecule has 0 fully saturated rings. The van der Waals surface area contributed by atoms with E-state index in [1.807, 2.05) is 18.3 Å². The van der Waals surface area contributed by atoms with Crippen LogP contribution in [-0.4, -0.2) is 4.98 Å². The van der Waals surface area contributed by atoms with Gasteiger partial charge in [-0.3, -0.25) is 0 Å². The number of hydrogen-bond donors (Lipinski definition) is 0. The Morgan fingerprint density at radius 1 is 1.17 bits per heavy atom. The van der Waals surface area contributed by atoms with Crippen molar-refractivity contribution >= 4 is 26.7 Å². The molecule has 0 N–H and O–H groups in total. The molecule has 0 aliphatic carbocycles. The minimum atomic E-state index is 0.920. The lowest BCUT2D eigenvalue weighted by Crippen LogP contribution is -1.82. The molecule has 0 atom stereocenters. The van der Waals surface area contributed by atoms with Crippen LogP contribution in [0.2, 0.25) is 0 Å². The minimum absolute atomic E-state index is 0.920. The average Bonchev–Trinajstić information content (AvgIpc) is 2.12. The van der Waals surface area contributed by atoms with Crippen LogP contribution in [-0.2, 0) is 0 Å². The van der Waals surface area contributed by atoms with Crippen LogP contribution in [0.3, 0.4) is 0 Å². The summed E-state index contributed by atoms with van der Waals surface area (Å²) in [6.45, 7) is 2.07. The zero-order valence-corrected chi connectivity index (χ0v) is 8.30. The van der Waals surface area contributed by atoms with E-state index in [0.29, 0.717) is 0 Å². The highest BCUT2D eigenvalue weighted by Gasteiger charge is 1.99. The summed E-state index contributed by atoms with van der Waals surface area (Å²) < 4.78 is 0.920. The summed E-state index contributed by atoms with van der Waals surface area (Å²) in [5.74, 6) is 0. The Morgan fingerprint density at radius 2 is 1.83 bits per heavy atom. The van der Waals surface area contributed by atoms with E-state index in [2.05, 4.69) is 40.0 Å². The quantitative estimate of drug-likeness (QED) is 0.623. The van der Waals surface area contributed by atoms with Gasteiger partial charge in [0.1, 0.15) is 4.60 Å². The lowest BCUT2D eigenvalue weighted by Gasteiger charge is -2.01. The summed E-state index contributed by atoms with van der Waals surface area (Å²) in [6.07, 6.45) is 1.88. The van der Waals surface area contributed by atoms with E-state index in [0.717, 1.165) is 4.60 Å². The predicted octanol–water partition coefficient (Wildman–Crippen LogP) is 3.31. The van der Waals surface area contributed by atoms with Gasteiger partial charge in [-0.25, -0.2) is 4.98 Å². The van der Waals surface area contributed by atoms with Crippen molar-refractivity contribution in [2.24, 2.45) is 0 Å². The third-order valence-electron chi connectivity index (χ3n) is 1.95. The zero-order chi connectivity index (χ0) is 8.55. The van der Waals surface area contributed by atoms with Gasteiger partial charge in [0.15, 0.2) is 0 Å². The number of nitrogens with zero attached hydrogens (tertiary/aromatic N) is 1. The van der Waals surface area contributed by atoms with E-state index in [1.54, 1.807) is 0 Å². The van der Waals surface area contributed by atoms with Gasteiger partial charge in [-0.1, -0.05) is 24.3 Å². The fourth-order valence-corrected chi connectivity index (χ4v) is 1.75. The third kappa shape index (κ3) is 1.12. The van der Waals surface area contributed by atoms with Crippen LogP contribution in [0.25, 0.3) is 10.8 Å². The zero-order valence-electron chi connectivity index (χ0n) is 6.71. The molecular formula is C10H8BrN. The largest absolute Gasteiger partial charge is 0.248 e. The SMILES string of the molecule is Cc1cnc(Br)c2ccccc12. The molecule has 60 valence electrons. The van der Waals surface area contributed by atoms with Gasteiger partial charge in [0.25, 0.3) is 0 Å². The van der Waals surface area contributed by atoms with Gasteiger partial charge in [-0.05, 0) is 33.8 Å². The van der Waals surface area contributed by atoms with Crippen molar-refractivity contribution in [3.05, 3.63) is 40.6 Å². The molecule has 0 unspecified atom stereocenters. The highest BCUT2D eigenvalue weighted by atomic mass is 79.9. The summed E-state index contributed by atoms with van der Waals surface area (Å²) in [6, 6.07) is 8.24. The number of halogens is 1. The van der Waals surface area contributed by atoms with Gasteiger partial charge in [0.2, 0.25) is 0 Å². The van der Waals surface area contributed by atoms with Crippen LogP contribution in [0.4, 0.5) is 0 Å². The number of pyridine rings is 1. The van der Waals surface area contributed by atoms with Crippen LogP contribution >= 0.6 is 15.9 Å². The molecule has 0 aliphatic rings. The van der Waals surface area contributed by atoms with E-state index in [4.69, 9.17) is 0 Å². The first kappa shape index (κ1) is 7.74. The number of hydrogen-bond acceptors (Lipinski definition) is 1. The lowest BCUT2D eigenvalue weighted by molar-refractivity contribution is 1.27. The van der Waals surface area contributed by atoms with Gasteiger partial charge in [0, 0.05) is 11.6 Å². The van der Waals surface area contributed by atoms with E-state index >= 15 is 0 Å². The first-order valence-electron chi connectivity index (χ1n) is 3.79. The summed E-state index contributed by atoms with van der Waals surface area (Å²) in [7, 11) is 0. The molecule has 1 aromatic heterocycles. The van der Waals surface area contributed by atoms with Crippen molar-refractivity contribution in [1.29, 1.82) is 0 Å². The Labute approximate surface area is 79.6 Å². The molecule has 2 heteroatoms. The van der Waals surface area contributed by atoms with Crippen molar-refractivity contribution in [2.45, 2.75) is 6.92 Å². The summed E-state index contributed by atoms with van der Waals surface area (Å²) in [5, 5.41) is 2.44. The molecular weight excluding hydrogens is 214 g/mol. The fourth-order valence-electron chi connectivity index (χ4n) is 1.30. The molecule has 0 aliphatic heterocycles. The standard InChI is InChI=1S/C10H8BrN/c1-7-6-12-10(11)9-5-3-2-4-8(7)9/h2-6H,1H3. The maximum absolute atomic E-state index is 4.22. The Kier molecular flexibility index (Phi) is 1.85. The molecule has 1 heterocycles. The van der Waals surface area contributed by atoms with Crippen molar-refractivity contribution in [3.63, 3.8) is 0 Å². The number of aryl methyl sites for hydroxylation is 1. The van der Waals surface area contributed by atoms with E-state index in [1.165, 1.54) is 16.3 Å². The molecule has 1 aromatic carbocycles. The molecule has 0 amide bonds. The molecule has 2 aromatic rings. The first-order chi connectivity index (χ1) is 5.79. The van der Waals surface area contributed by atoms with Crippen LogP contribution in [0.15, 0.2) is 35.1 Å². The predicted molar refractivity (Wildman–Crippen MR) is 54.2 cm³/mol. The third-order valence-corrected chi connectivity index (χ3v) is 2.58. The van der Waals surface area contributed by atoms with E-state index < -0.39 is 0 Å². The number of benzene rings is 1. The molecule has 0 spiro atoms. The van der Waals surface area contributed by atoms with Crippen molar-refractivity contribution < 1.29 is 0 Å². The van der Waals surface area contributed by atoms with Gasteiger partial charge in [-0.2, -0.15) is 0 Å². The Balaban J connectivity index is 2.95. The first-order valence-corrected chi connectivity index (χ1v) is 4.58. The van der Waals surface area contributed by atoms with Crippen molar-refractivity contribution in [1.82, 2.24) is 4.98 Å². The van der Waals surface area contributed by atoms with E-state index in [-0.39, 0.29) is 0 Å². The summed E-state index contributed by atoms with van der Waals surface area (Å²) >= 11 is 3.42. The smallest absolute Gasteiger partial charge is 0.113 e. The average molecular weight is 222 g/mol. The lowest BCUT2D eigenvalue weighted by atomic mass is 10.1. The molecule has 2 rings (SSSR count). The normalized spacial score (nSPS) is 10.5. The molecule has 0 saturated heterocycles. The Hall–Kier alpha value is -0.890. The van der Waals surface area contributed by atoms with Gasteiger partial charge >= 0.3 is 0 Å². The topological polar surface area (TPSA) is 12.9 Å². The van der Waals surface area contributed by atoms with Crippen LogP contribution < -0.4 is 0 Å². The maximum Gasteiger partial charge on any atom is 0.113 e. The fraction of sp³-hybridized carbons (Fsp3) is 0.100. The number of rotatable bonds is 0. The Morgan fingerprint density at radius 3 is 2.50 bits per heavy atom. The maximum atomic E-state index is 4.22. The Bertz CT molecular complexity index is 383. The second-order valence-corrected chi connectivity index (χ2v) is 3.53. The second kappa shape index (κ2) is 2.87. The number of fused-ring (bicyclic) bond motifs is 1.